The molecule has 0 spiro atoms. The molecule has 1 aliphatic heterocycles. The zero-order valence-corrected chi connectivity index (χ0v) is 16.2. The molecular formula is C22H20N4O4. The fourth-order valence-electron chi connectivity index (χ4n) is 3.82. The summed E-state index contributed by atoms with van der Waals surface area (Å²) in [4.78, 5) is 39.0. The van der Waals surface area contributed by atoms with Crippen molar-refractivity contribution < 1.29 is 14.5 Å². The van der Waals surface area contributed by atoms with Crippen LogP contribution in [0.25, 0.3) is 10.8 Å². The number of nitrogens with zero attached hydrogens (tertiary/aromatic N) is 3. The number of piperazine rings is 1. The van der Waals surface area contributed by atoms with Crippen LogP contribution in [0.5, 0.6) is 0 Å². The normalized spacial score (nSPS) is 14.0. The predicted octanol–water partition coefficient (Wildman–Crippen LogP) is 2.81. The monoisotopic (exact) mass is 404 g/mol. The van der Waals surface area contributed by atoms with Crippen LogP contribution in [-0.2, 0) is 0 Å². The molecule has 2 N–H and O–H groups in total. The number of rotatable bonds is 4. The maximum absolute atomic E-state index is 13.1. The predicted molar refractivity (Wildman–Crippen MR) is 114 cm³/mol. The van der Waals surface area contributed by atoms with Gasteiger partial charge in [-0.2, -0.15) is 0 Å². The van der Waals surface area contributed by atoms with Crippen LogP contribution in [0, 0.1) is 10.1 Å². The highest BCUT2D eigenvalue weighted by atomic mass is 16.6. The molecule has 1 saturated heterocycles. The van der Waals surface area contributed by atoms with Gasteiger partial charge in [-0.15, -0.1) is 0 Å². The molecule has 8 heteroatoms. The molecule has 3 aromatic carbocycles. The Hall–Kier alpha value is -3.94. The number of benzene rings is 3. The van der Waals surface area contributed by atoms with Crippen molar-refractivity contribution in [1.82, 2.24) is 4.90 Å². The molecule has 2 amide bonds. The van der Waals surface area contributed by atoms with Gasteiger partial charge in [0.2, 0.25) is 5.91 Å². The number of nitrogens with two attached hydrogens (primary N) is 1. The molecule has 0 saturated carbocycles. The fourth-order valence-corrected chi connectivity index (χ4v) is 3.82. The highest BCUT2D eigenvalue weighted by Crippen LogP contribution is 2.30. The van der Waals surface area contributed by atoms with E-state index in [9.17, 15) is 19.7 Å². The quantitative estimate of drug-likeness (QED) is 0.531. The zero-order valence-electron chi connectivity index (χ0n) is 16.2. The van der Waals surface area contributed by atoms with E-state index in [2.05, 4.69) is 0 Å². The molecule has 0 atom stereocenters. The molecule has 152 valence electrons. The van der Waals surface area contributed by atoms with Crippen LogP contribution in [0.1, 0.15) is 20.7 Å². The first-order valence-corrected chi connectivity index (χ1v) is 9.56. The van der Waals surface area contributed by atoms with Gasteiger partial charge in [-0.25, -0.2) is 0 Å². The number of carbonyl (C=O) groups is 2. The minimum Gasteiger partial charge on any atom is -0.366 e. The summed E-state index contributed by atoms with van der Waals surface area (Å²) in [7, 11) is 0. The van der Waals surface area contributed by atoms with Crippen LogP contribution in [-0.4, -0.2) is 47.8 Å². The Balaban J connectivity index is 1.53. The third-order valence-electron chi connectivity index (χ3n) is 5.38. The molecule has 1 aliphatic rings. The molecule has 0 bridgehead atoms. The van der Waals surface area contributed by atoms with E-state index in [1.165, 1.54) is 12.1 Å². The average Bonchev–Trinajstić information content (AvgIpc) is 2.78. The molecule has 1 heterocycles. The van der Waals surface area contributed by atoms with E-state index in [1.54, 1.807) is 11.0 Å². The molecule has 4 rings (SSSR count). The Labute approximate surface area is 172 Å². The standard InChI is InChI=1S/C22H20N4O4/c23-21(27)16-8-9-19(20(14-16)26(29)30)24-10-12-25(13-11-24)22(28)18-7-3-5-15-4-1-2-6-17(15)18/h1-9,14H,10-13H2,(H2,23,27). The number of carbonyl (C=O) groups excluding carboxylic acids is 2. The molecule has 30 heavy (non-hydrogen) atoms. The first kappa shape index (κ1) is 19.4. The first-order valence-electron chi connectivity index (χ1n) is 9.56. The lowest BCUT2D eigenvalue weighted by Crippen LogP contribution is -2.49. The van der Waals surface area contributed by atoms with E-state index in [0.29, 0.717) is 37.4 Å². The minimum absolute atomic E-state index is 0.0509. The lowest BCUT2D eigenvalue weighted by atomic mass is 10.0. The first-order chi connectivity index (χ1) is 14.5. The van der Waals surface area contributed by atoms with Crippen molar-refractivity contribution in [2.45, 2.75) is 0 Å². The SMILES string of the molecule is NC(=O)c1ccc(N2CCN(C(=O)c3cccc4ccccc34)CC2)c([N+](=O)[O-])c1. The number of fused-ring (bicyclic) bond motifs is 1. The highest BCUT2D eigenvalue weighted by Gasteiger charge is 2.27. The molecule has 1 fully saturated rings. The van der Waals surface area contributed by atoms with Crippen LogP contribution >= 0.6 is 0 Å². The smallest absolute Gasteiger partial charge is 0.293 e. The molecule has 0 aliphatic carbocycles. The highest BCUT2D eigenvalue weighted by molar-refractivity contribution is 6.07. The third-order valence-corrected chi connectivity index (χ3v) is 5.38. The van der Waals surface area contributed by atoms with Gasteiger partial charge in [0.1, 0.15) is 5.69 Å². The molecular weight excluding hydrogens is 384 g/mol. The number of nitro benzene ring substituents is 1. The minimum atomic E-state index is -0.713. The van der Waals surface area contributed by atoms with Crippen molar-refractivity contribution in [2.75, 3.05) is 31.1 Å². The van der Waals surface area contributed by atoms with Gasteiger partial charge < -0.3 is 15.5 Å². The number of anilines is 1. The van der Waals surface area contributed by atoms with E-state index in [4.69, 9.17) is 5.73 Å². The van der Waals surface area contributed by atoms with E-state index in [1.807, 2.05) is 47.4 Å². The van der Waals surface area contributed by atoms with Gasteiger partial charge >= 0.3 is 0 Å². The summed E-state index contributed by atoms with van der Waals surface area (Å²) in [5.41, 5.74) is 6.23. The van der Waals surface area contributed by atoms with Gasteiger partial charge in [0.25, 0.3) is 11.6 Å². The van der Waals surface area contributed by atoms with Crippen molar-refractivity contribution in [2.24, 2.45) is 5.73 Å². The lowest BCUT2D eigenvalue weighted by molar-refractivity contribution is -0.384. The summed E-state index contributed by atoms with van der Waals surface area (Å²) in [5, 5.41) is 13.4. The maximum Gasteiger partial charge on any atom is 0.293 e. The van der Waals surface area contributed by atoms with Crippen molar-refractivity contribution in [3.05, 3.63) is 81.9 Å². The van der Waals surface area contributed by atoms with Crippen LogP contribution < -0.4 is 10.6 Å². The van der Waals surface area contributed by atoms with Crippen LogP contribution in [0.4, 0.5) is 11.4 Å². The number of nitro groups is 1. The van der Waals surface area contributed by atoms with Crippen molar-refractivity contribution in [3.8, 4) is 0 Å². The molecule has 0 aromatic heterocycles. The number of hydrogen-bond acceptors (Lipinski definition) is 5. The van der Waals surface area contributed by atoms with Crippen LogP contribution in [0.15, 0.2) is 60.7 Å². The van der Waals surface area contributed by atoms with Gasteiger partial charge in [-0.1, -0.05) is 36.4 Å². The summed E-state index contributed by atoms with van der Waals surface area (Å²) in [6.45, 7) is 1.79. The summed E-state index contributed by atoms with van der Waals surface area (Å²) < 4.78 is 0. The summed E-state index contributed by atoms with van der Waals surface area (Å²) in [6, 6.07) is 17.6. The second-order valence-electron chi connectivity index (χ2n) is 7.13. The molecule has 3 aromatic rings. The van der Waals surface area contributed by atoms with Gasteiger partial charge in [-0.05, 0) is 29.0 Å². The molecule has 0 unspecified atom stereocenters. The average molecular weight is 404 g/mol. The second-order valence-corrected chi connectivity index (χ2v) is 7.13. The Kier molecular flexibility index (Phi) is 5.05. The van der Waals surface area contributed by atoms with Gasteiger partial charge in [-0.3, -0.25) is 19.7 Å². The van der Waals surface area contributed by atoms with E-state index in [0.717, 1.165) is 10.8 Å². The van der Waals surface area contributed by atoms with Gasteiger partial charge in [0, 0.05) is 43.4 Å². The van der Waals surface area contributed by atoms with Crippen LogP contribution in [0.3, 0.4) is 0 Å². The van der Waals surface area contributed by atoms with Gasteiger partial charge in [0.05, 0.1) is 4.92 Å². The van der Waals surface area contributed by atoms with Crippen molar-refractivity contribution >= 4 is 34.0 Å². The molecule has 0 radical (unpaired) electrons. The fraction of sp³-hybridized carbons (Fsp3) is 0.182. The summed E-state index contributed by atoms with van der Waals surface area (Å²) >= 11 is 0. The zero-order chi connectivity index (χ0) is 21.3. The van der Waals surface area contributed by atoms with Gasteiger partial charge in [0.15, 0.2) is 0 Å². The largest absolute Gasteiger partial charge is 0.366 e. The van der Waals surface area contributed by atoms with Crippen molar-refractivity contribution in [1.29, 1.82) is 0 Å². The second kappa shape index (κ2) is 7.82. The number of primary amides is 1. The van der Waals surface area contributed by atoms with E-state index >= 15 is 0 Å². The Morgan fingerprint density at radius 3 is 2.33 bits per heavy atom. The lowest BCUT2D eigenvalue weighted by Gasteiger charge is -2.36. The van der Waals surface area contributed by atoms with E-state index in [-0.39, 0.29) is 17.2 Å². The Morgan fingerprint density at radius 2 is 1.63 bits per heavy atom. The van der Waals surface area contributed by atoms with E-state index < -0.39 is 10.8 Å². The summed E-state index contributed by atoms with van der Waals surface area (Å²) in [5.74, 6) is -0.764. The van der Waals surface area contributed by atoms with Crippen molar-refractivity contribution in [3.63, 3.8) is 0 Å². The molecule has 8 nitrogen and oxygen atoms in total. The third kappa shape index (κ3) is 3.55. The topological polar surface area (TPSA) is 110 Å². The maximum atomic E-state index is 13.1. The summed E-state index contributed by atoms with van der Waals surface area (Å²) in [6.07, 6.45) is 0. The van der Waals surface area contributed by atoms with Crippen LogP contribution in [0.2, 0.25) is 0 Å². The number of hydrogen-bond donors (Lipinski definition) is 1. The Bertz CT molecular complexity index is 1150. The Morgan fingerprint density at radius 1 is 0.933 bits per heavy atom. The number of amides is 2.